The van der Waals surface area contributed by atoms with E-state index in [1.165, 1.54) is 0 Å². The lowest BCUT2D eigenvalue weighted by atomic mass is 9.76. The van der Waals surface area contributed by atoms with Crippen molar-refractivity contribution in [2.75, 3.05) is 0 Å². The minimum absolute atomic E-state index is 0.0221. The molecule has 2 aromatic rings. The molecular weight excluding hydrogens is 487 g/mol. The van der Waals surface area contributed by atoms with Crippen molar-refractivity contribution < 1.29 is 17.4 Å². The maximum absolute atomic E-state index is 13.5. The van der Waals surface area contributed by atoms with Gasteiger partial charge in [-0.25, -0.2) is 12.6 Å². The van der Waals surface area contributed by atoms with Gasteiger partial charge in [0.15, 0.2) is 0 Å². The number of carbonyl (C=O) groups is 1. The third-order valence-electron chi connectivity index (χ3n) is 7.10. The van der Waals surface area contributed by atoms with Crippen LogP contribution in [0.25, 0.3) is 0 Å². The van der Waals surface area contributed by atoms with E-state index in [0.717, 1.165) is 11.3 Å². The molecule has 5 atom stereocenters. The predicted octanol–water partition coefficient (Wildman–Crippen LogP) is 5.83. The molecular formula is C24H22Cl2O4S2. The molecule has 0 spiro atoms. The number of allylic oxidation sites excluding steroid dienone is 4. The summed E-state index contributed by atoms with van der Waals surface area (Å²) in [6.45, 7) is 6.17. The zero-order chi connectivity index (χ0) is 23.5. The van der Waals surface area contributed by atoms with Gasteiger partial charge in [-0.05, 0) is 60.4 Å². The van der Waals surface area contributed by atoms with Gasteiger partial charge in [-0.2, -0.15) is 0 Å². The summed E-state index contributed by atoms with van der Waals surface area (Å²) in [5, 5.41) is 1.09. The second-order valence-electron chi connectivity index (χ2n) is 8.41. The predicted molar refractivity (Wildman–Crippen MR) is 128 cm³/mol. The largest absolute Gasteiger partial charge is 0.307 e. The molecule has 0 heterocycles. The monoisotopic (exact) mass is 508 g/mol. The van der Waals surface area contributed by atoms with E-state index in [2.05, 4.69) is 13.8 Å². The van der Waals surface area contributed by atoms with Gasteiger partial charge in [-0.3, -0.25) is 0 Å². The van der Waals surface area contributed by atoms with Crippen LogP contribution >= 0.6 is 23.2 Å². The van der Waals surface area contributed by atoms with Gasteiger partial charge in [-0.1, -0.05) is 49.2 Å². The molecule has 0 aliphatic heterocycles. The molecule has 0 amide bonds. The standard InChI is InChI=1S/C23H20Cl2O3S2.CH2O/c1-3-23-20-18(29(26)16-8-4-14(24)5-9-16)12-22(23,2)13-19(21(20)23)30(27,28)17-10-6-15(25)7-11-17;1-2/h4-13,20-21H,3H2,1-2H3;1H2. The average molecular weight is 509 g/mol. The molecule has 2 aromatic carbocycles. The van der Waals surface area contributed by atoms with Crippen molar-refractivity contribution >= 4 is 50.6 Å². The van der Waals surface area contributed by atoms with Crippen LogP contribution in [-0.2, 0) is 25.4 Å². The second kappa shape index (κ2) is 7.94. The number of hydrogen-bond donors (Lipinski definition) is 0. The van der Waals surface area contributed by atoms with Gasteiger partial charge in [0.2, 0.25) is 9.84 Å². The van der Waals surface area contributed by atoms with E-state index >= 15 is 0 Å². The van der Waals surface area contributed by atoms with Crippen molar-refractivity contribution in [3.05, 3.63) is 80.5 Å². The first-order valence-corrected chi connectivity index (χ1v) is 13.5. The number of sulfone groups is 1. The SMILES string of the molecule is C=O.CCC12C3C(S(=O)c4ccc(Cl)cc4)=CC1(C)C=C(S(=O)(=O)c1ccc(Cl)cc1)C32. The van der Waals surface area contributed by atoms with Crippen molar-refractivity contribution in [1.82, 2.24) is 0 Å². The Kier molecular flexibility index (Phi) is 5.82. The molecule has 1 saturated carbocycles. The van der Waals surface area contributed by atoms with Gasteiger partial charge in [0.1, 0.15) is 6.79 Å². The number of carbonyl (C=O) groups excluding carboxylic acids is 1. The van der Waals surface area contributed by atoms with E-state index in [-0.39, 0.29) is 22.1 Å². The van der Waals surface area contributed by atoms with Gasteiger partial charge in [0, 0.05) is 37.1 Å². The van der Waals surface area contributed by atoms with E-state index in [9.17, 15) is 12.6 Å². The third-order valence-corrected chi connectivity index (χ3v) is 11.0. The quantitative estimate of drug-likeness (QED) is 0.509. The topological polar surface area (TPSA) is 68.3 Å². The molecule has 5 unspecified atom stereocenters. The molecule has 0 N–H and O–H groups in total. The summed E-state index contributed by atoms with van der Waals surface area (Å²) in [4.78, 5) is 10.2. The second-order valence-corrected chi connectivity index (χ2v) is 12.7. The molecule has 0 radical (unpaired) electrons. The lowest BCUT2D eigenvalue weighted by Crippen LogP contribution is -2.21. The van der Waals surface area contributed by atoms with Crippen LogP contribution in [0.3, 0.4) is 0 Å². The third kappa shape index (κ3) is 3.11. The van der Waals surface area contributed by atoms with Gasteiger partial charge in [-0.15, -0.1) is 0 Å². The molecule has 3 aliphatic carbocycles. The summed E-state index contributed by atoms with van der Waals surface area (Å²) in [5.74, 6) is -0.157. The number of rotatable bonds is 5. The minimum atomic E-state index is -3.64. The molecule has 8 heteroatoms. The summed E-state index contributed by atoms with van der Waals surface area (Å²) >= 11 is 11.9. The Morgan fingerprint density at radius 3 is 1.97 bits per heavy atom. The molecule has 4 nitrogen and oxygen atoms in total. The fourth-order valence-electron chi connectivity index (χ4n) is 5.71. The van der Waals surface area contributed by atoms with Gasteiger partial charge in [0.25, 0.3) is 0 Å². The average Bonchev–Trinajstić information content (AvgIpc) is 3.34. The Labute approximate surface area is 200 Å². The Hall–Kier alpha value is -1.73. The van der Waals surface area contributed by atoms with E-state index in [0.29, 0.717) is 19.8 Å². The van der Waals surface area contributed by atoms with Crippen LogP contribution in [0.2, 0.25) is 10.0 Å². The summed E-state index contributed by atoms with van der Waals surface area (Å²) in [6.07, 6.45) is 4.77. The Bertz CT molecular complexity index is 1270. The number of halogens is 2. The lowest BCUT2D eigenvalue weighted by Gasteiger charge is -2.27. The van der Waals surface area contributed by atoms with Crippen molar-refractivity contribution in [3.8, 4) is 0 Å². The molecule has 0 saturated heterocycles. The summed E-state index contributed by atoms with van der Waals surface area (Å²) in [7, 11) is -4.98. The Balaban J connectivity index is 0.00000119. The van der Waals surface area contributed by atoms with E-state index < -0.39 is 26.1 Å². The minimum Gasteiger partial charge on any atom is -0.307 e. The van der Waals surface area contributed by atoms with Crippen LogP contribution < -0.4 is 0 Å². The Morgan fingerprint density at radius 1 is 0.938 bits per heavy atom. The normalized spacial score (nSPS) is 30.5. The van der Waals surface area contributed by atoms with Gasteiger partial charge >= 0.3 is 0 Å². The molecule has 0 aromatic heterocycles. The van der Waals surface area contributed by atoms with E-state index in [1.807, 2.05) is 18.9 Å². The first-order valence-electron chi connectivity index (χ1n) is 10.1. The van der Waals surface area contributed by atoms with Gasteiger partial charge in [0.05, 0.1) is 20.6 Å². The van der Waals surface area contributed by atoms with Crippen LogP contribution in [0.5, 0.6) is 0 Å². The number of benzene rings is 2. The highest BCUT2D eigenvalue weighted by molar-refractivity contribution is 7.95. The summed E-state index contributed by atoms with van der Waals surface area (Å²) < 4.78 is 40.3. The van der Waals surface area contributed by atoms with Crippen molar-refractivity contribution in [1.29, 1.82) is 0 Å². The zero-order valence-corrected chi connectivity index (χ0v) is 20.7. The zero-order valence-electron chi connectivity index (χ0n) is 17.5. The smallest absolute Gasteiger partial charge is 0.202 e. The molecule has 1 fully saturated rings. The molecule has 3 aliphatic rings. The highest BCUT2D eigenvalue weighted by Gasteiger charge is 2.80. The fourth-order valence-corrected chi connectivity index (χ4v) is 9.39. The first-order chi connectivity index (χ1) is 15.2. The highest BCUT2D eigenvalue weighted by Crippen LogP contribution is 2.84. The molecule has 168 valence electrons. The number of fused-ring (bicyclic) bond motifs is 1. The van der Waals surface area contributed by atoms with Crippen molar-refractivity contribution in [2.45, 2.75) is 30.1 Å². The number of hydrogen-bond acceptors (Lipinski definition) is 4. The first kappa shape index (κ1) is 23.4. The molecule has 5 rings (SSSR count). The van der Waals surface area contributed by atoms with Gasteiger partial charge < -0.3 is 4.79 Å². The lowest BCUT2D eigenvalue weighted by molar-refractivity contribution is -0.0980. The summed E-state index contributed by atoms with van der Waals surface area (Å²) in [6, 6.07) is 13.3. The van der Waals surface area contributed by atoms with E-state index in [1.54, 1.807) is 48.5 Å². The van der Waals surface area contributed by atoms with Crippen LogP contribution in [0.4, 0.5) is 0 Å². The van der Waals surface area contributed by atoms with E-state index in [4.69, 9.17) is 28.0 Å². The highest BCUT2D eigenvalue weighted by atomic mass is 35.5. The van der Waals surface area contributed by atoms with Crippen LogP contribution in [0.1, 0.15) is 20.3 Å². The van der Waals surface area contributed by atoms with Crippen LogP contribution in [0, 0.1) is 22.7 Å². The maximum Gasteiger partial charge on any atom is 0.202 e. The van der Waals surface area contributed by atoms with Crippen molar-refractivity contribution in [2.24, 2.45) is 22.7 Å². The molecule has 0 bridgehead atoms. The fraction of sp³-hybridized carbons (Fsp3) is 0.292. The molecule has 32 heavy (non-hydrogen) atoms. The summed E-state index contributed by atoms with van der Waals surface area (Å²) in [5.41, 5.74) is -0.636. The maximum atomic E-state index is 13.5. The van der Waals surface area contributed by atoms with Crippen LogP contribution in [0.15, 0.2) is 80.3 Å². The van der Waals surface area contributed by atoms with Crippen molar-refractivity contribution in [3.63, 3.8) is 0 Å². The van der Waals surface area contributed by atoms with Crippen LogP contribution in [-0.4, -0.2) is 19.4 Å². The Morgan fingerprint density at radius 2 is 1.47 bits per heavy atom.